The smallest absolute Gasteiger partial charge is 0.263 e. The van der Waals surface area contributed by atoms with Gasteiger partial charge in [0.1, 0.15) is 4.88 Å². The molecule has 0 aliphatic rings. The minimum Gasteiger partial charge on any atom is -0.351 e. The molecule has 1 N–H and O–H groups in total. The van der Waals surface area contributed by atoms with Crippen molar-refractivity contribution in [3.8, 4) is 0 Å². The Morgan fingerprint density at radius 1 is 1.30 bits per heavy atom. The first-order valence-electron chi connectivity index (χ1n) is 6.84. The predicted octanol–water partition coefficient (Wildman–Crippen LogP) is 3.43. The third kappa shape index (κ3) is 3.90. The molecule has 1 aromatic carbocycles. The predicted molar refractivity (Wildman–Crippen MR) is 83.3 cm³/mol. The van der Waals surface area contributed by atoms with Crippen LogP contribution in [0.3, 0.4) is 0 Å². The maximum atomic E-state index is 12.1. The standard InChI is InChI=1S/C16H20N2OS/c1-11(2)10-17-16(19)15-12(3)18-14(20-15)9-13-7-5-4-6-8-13/h4-8,11H,9-10H2,1-3H3,(H,17,19). The molecule has 1 heterocycles. The van der Waals surface area contributed by atoms with Crippen molar-refractivity contribution in [2.24, 2.45) is 5.92 Å². The van der Waals surface area contributed by atoms with E-state index in [0.29, 0.717) is 12.5 Å². The molecular weight excluding hydrogens is 268 g/mol. The molecule has 0 bridgehead atoms. The lowest BCUT2D eigenvalue weighted by Gasteiger charge is -2.06. The minimum absolute atomic E-state index is 0.00647. The van der Waals surface area contributed by atoms with Crippen LogP contribution in [0.2, 0.25) is 0 Å². The first-order valence-corrected chi connectivity index (χ1v) is 7.66. The van der Waals surface area contributed by atoms with E-state index in [2.05, 4.69) is 36.3 Å². The summed E-state index contributed by atoms with van der Waals surface area (Å²) in [5.41, 5.74) is 2.04. The first-order chi connectivity index (χ1) is 9.56. The Kier molecular flexibility index (Phi) is 4.90. The largest absolute Gasteiger partial charge is 0.351 e. The number of thiazole rings is 1. The van der Waals surface area contributed by atoms with Gasteiger partial charge in [-0.15, -0.1) is 11.3 Å². The number of benzene rings is 1. The molecule has 1 aromatic heterocycles. The summed E-state index contributed by atoms with van der Waals surface area (Å²) >= 11 is 1.49. The van der Waals surface area contributed by atoms with E-state index in [1.54, 1.807) is 0 Å². The monoisotopic (exact) mass is 288 g/mol. The minimum atomic E-state index is -0.00647. The molecule has 0 radical (unpaired) electrons. The second kappa shape index (κ2) is 6.66. The van der Waals surface area contributed by atoms with E-state index in [1.807, 2.05) is 25.1 Å². The van der Waals surface area contributed by atoms with E-state index in [4.69, 9.17) is 0 Å². The van der Waals surface area contributed by atoms with Gasteiger partial charge in [0, 0.05) is 13.0 Å². The zero-order valence-electron chi connectivity index (χ0n) is 12.1. The highest BCUT2D eigenvalue weighted by atomic mass is 32.1. The van der Waals surface area contributed by atoms with E-state index >= 15 is 0 Å². The molecule has 2 rings (SSSR count). The van der Waals surface area contributed by atoms with Crippen molar-refractivity contribution in [1.82, 2.24) is 10.3 Å². The van der Waals surface area contributed by atoms with Crippen LogP contribution in [-0.4, -0.2) is 17.4 Å². The van der Waals surface area contributed by atoms with Crippen molar-refractivity contribution in [2.75, 3.05) is 6.54 Å². The summed E-state index contributed by atoms with van der Waals surface area (Å²) in [5.74, 6) is 0.448. The van der Waals surface area contributed by atoms with E-state index in [9.17, 15) is 4.79 Å². The van der Waals surface area contributed by atoms with Crippen molar-refractivity contribution in [2.45, 2.75) is 27.2 Å². The normalized spacial score (nSPS) is 10.8. The quantitative estimate of drug-likeness (QED) is 0.916. The summed E-state index contributed by atoms with van der Waals surface area (Å²) in [7, 11) is 0. The molecule has 0 aliphatic carbocycles. The van der Waals surface area contributed by atoms with Gasteiger partial charge in [-0.2, -0.15) is 0 Å². The Morgan fingerprint density at radius 3 is 2.65 bits per heavy atom. The molecule has 0 unspecified atom stereocenters. The van der Waals surface area contributed by atoms with Crippen LogP contribution in [0.25, 0.3) is 0 Å². The van der Waals surface area contributed by atoms with Gasteiger partial charge in [-0.1, -0.05) is 44.2 Å². The lowest BCUT2D eigenvalue weighted by molar-refractivity contribution is 0.0952. The average Bonchev–Trinajstić information content (AvgIpc) is 2.78. The Bertz CT molecular complexity index is 575. The summed E-state index contributed by atoms with van der Waals surface area (Å²) in [4.78, 5) is 17.3. The summed E-state index contributed by atoms with van der Waals surface area (Å²) in [5, 5.41) is 3.94. The molecule has 0 atom stereocenters. The number of rotatable bonds is 5. The molecule has 1 amide bonds. The second-order valence-electron chi connectivity index (χ2n) is 5.29. The molecule has 106 valence electrons. The number of amides is 1. The molecule has 2 aromatic rings. The fourth-order valence-electron chi connectivity index (χ4n) is 1.89. The van der Waals surface area contributed by atoms with Crippen LogP contribution in [0.4, 0.5) is 0 Å². The van der Waals surface area contributed by atoms with Crippen molar-refractivity contribution < 1.29 is 4.79 Å². The lowest BCUT2D eigenvalue weighted by Crippen LogP contribution is -2.27. The van der Waals surface area contributed by atoms with Gasteiger partial charge in [-0.05, 0) is 18.4 Å². The molecule has 4 heteroatoms. The second-order valence-corrected chi connectivity index (χ2v) is 6.37. The van der Waals surface area contributed by atoms with E-state index in [0.717, 1.165) is 22.0 Å². The van der Waals surface area contributed by atoms with Gasteiger partial charge >= 0.3 is 0 Å². The Morgan fingerprint density at radius 2 is 2.00 bits per heavy atom. The van der Waals surface area contributed by atoms with E-state index < -0.39 is 0 Å². The van der Waals surface area contributed by atoms with E-state index in [-0.39, 0.29) is 5.91 Å². The molecule has 0 fully saturated rings. The lowest BCUT2D eigenvalue weighted by atomic mass is 10.2. The molecular formula is C16H20N2OS. The van der Waals surface area contributed by atoms with Crippen molar-refractivity contribution >= 4 is 17.2 Å². The van der Waals surface area contributed by atoms with E-state index in [1.165, 1.54) is 16.9 Å². The zero-order chi connectivity index (χ0) is 14.5. The number of carbonyl (C=O) groups is 1. The number of hydrogen-bond acceptors (Lipinski definition) is 3. The van der Waals surface area contributed by atoms with Crippen molar-refractivity contribution in [3.05, 3.63) is 51.5 Å². The number of aromatic nitrogens is 1. The fraction of sp³-hybridized carbons (Fsp3) is 0.375. The van der Waals surface area contributed by atoms with Crippen LogP contribution >= 0.6 is 11.3 Å². The highest BCUT2D eigenvalue weighted by molar-refractivity contribution is 7.13. The van der Waals surface area contributed by atoms with Crippen LogP contribution < -0.4 is 5.32 Å². The van der Waals surface area contributed by atoms with Gasteiger partial charge in [0.05, 0.1) is 10.7 Å². The van der Waals surface area contributed by atoms with Crippen LogP contribution in [0, 0.1) is 12.8 Å². The van der Waals surface area contributed by atoms with Gasteiger partial charge in [0.15, 0.2) is 0 Å². The van der Waals surface area contributed by atoms with Crippen LogP contribution in [0.15, 0.2) is 30.3 Å². The maximum absolute atomic E-state index is 12.1. The maximum Gasteiger partial charge on any atom is 0.263 e. The summed E-state index contributed by atoms with van der Waals surface area (Å²) in [6.45, 7) is 6.76. The van der Waals surface area contributed by atoms with Gasteiger partial charge in [0.2, 0.25) is 0 Å². The third-order valence-corrected chi connectivity index (χ3v) is 4.07. The third-order valence-electron chi connectivity index (χ3n) is 2.92. The van der Waals surface area contributed by atoms with Crippen LogP contribution in [0.1, 0.15) is 39.8 Å². The van der Waals surface area contributed by atoms with Crippen LogP contribution in [-0.2, 0) is 6.42 Å². The summed E-state index contributed by atoms with van der Waals surface area (Å²) < 4.78 is 0. The fourth-order valence-corrected chi connectivity index (χ4v) is 2.90. The van der Waals surface area contributed by atoms with Gasteiger partial charge < -0.3 is 5.32 Å². The molecule has 3 nitrogen and oxygen atoms in total. The average molecular weight is 288 g/mol. The molecule has 0 saturated heterocycles. The molecule has 0 aliphatic heterocycles. The topological polar surface area (TPSA) is 42.0 Å². The van der Waals surface area contributed by atoms with Crippen molar-refractivity contribution in [3.63, 3.8) is 0 Å². The molecule has 0 saturated carbocycles. The molecule has 20 heavy (non-hydrogen) atoms. The van der Waals surface area contributed by atoms with Gasteiger partial charge in [-0.25, -0.2) is 4.98 Å². The Labute approximate surface area is 124 Å². The highest BCUT2D eigenvalue weighted by Crippen LogP contribution is 2.20. The summed E-state index contributed by atoms with van der Waals surface area (Å²) in [6, 6.07) is 10.2. The van der Waals surface area contributed by atoms with Crippen LogP contribution in [0.5, 0.6) is 0 Å². The SMILES string of the molecule is Cc1nc(Cc2ccccc2)sc1C(=O)NCC(C)C. The number of nitrogens with zero attached hydrogens (tertiary/aromatic N) is 1. The van der Waals surface area contributed by atoms with Gasteiger partial charge in [0.25, 0.3) is 5.91 Å². The summed E-state index contributed by atoms with van der Waals surface area (Å²) in [6.07, 6.45) is 0.782. The van der Waals surface area contributed by atoms with Gasteiger partial charge in [-0.3, -0.25) is 4.79 Å². The van der Waals surface area contributed by atoms with Crippen molar-refractivity contribution in [1.29, 1.82) is 0 Å². The zero-order valence-corrected chi connectivity index (χ0v) is 13.0. The highest BCUT2D eigenvalue weighted by Gasteiger charge is 2.15. The number of carbonyl (C=O) groups excluding carboxylic acids is 1. The number of hydrogen-bond donors (Lipinski definition) is 1. The number of nitrogens with one attached hydrogen (secondary N) is 1. The Hall–Kier alpha value is -1.68. The first kappa shape index (κ1) is 14.7. The molecule has 0 spiro atoms. The Balaban J connectivity index is 2.07. The number of aryl methyl sites for hydroxylation is 1.